The normalized spacial score (nSPS) is 16.1. The van der Waals surface area contributed by atoms with Crippen molar-refractivity contribution in [3.8, 4) is 5.75 Å². The second-order valence-electron chi connectivity index (χ2n) is 5.95. The van der Waals surface area contributed by atoms with Gasteiger partial charge in [-0.2, -0.15) is 0 Å². The molecule has 122 valence electrons. The number of methoxy groups -OCH3 is 1. The van der Waals surface area contributed by atoms with Gasteiger partial charge in [-0.15, -0.1) is 0 Å². The number of hydrogen-bond acceptors (Lipinski definition) is 4. The maximum Gasteiger partial charge on any atom is 0.170 e. The van der Waals surface area contributed by atoms with E-state index in [0.29, 0.717) is 5.11 Å². The lowest BCUT2D eigenvalue weighted by atomic mass is 10.0. The lowest BCUT2D eigenvalue weighted by molar-refractivity contribution is -0.00823. The zero-order chi connectivity index (χ0) is 16.0. The van der Waals surface area contributed by atoms with Crippen LogP contribution in [0.3, 0.4) is 0 Å². The first-order chi connectivity index (χ1) is 10.5. The molecule has 6 heteroatoms. The van der Waals surface area contributed by atoms with E-state index < -0.39 is 0 Å². The molecule has 5 nitrogen and oxygen atoms in total. The molecule has 0 aromatic heterocycles. The molecular weight excluding hydrogens is 298 g/mol. The van der Waals surface area contributed by atoms with Crippen LogP contribution in [0.4, 0.5) is 5.69 Å². The number of benzene rings is 1. The number of ether oxygens (including phenoxy) is 2. The van der Waals surface area contributed by atoms with Gasteiger partial charge in [-0.05, 0) is 50.3 Å². The molecule has 1 fully saturated rings. The third kappa shape index (κ3) is 4.83. The quantitative estimate of drug-likeness (QED) is 0.809. The van der Waals surface area contributed by atoms with Crippen LogP contribution in [-0.2, 0) is 4.74 Å². The Morgan fingerprint density at radius 1 is 1.27 bits per heavy atom. The summed E-state index contributed by atoms with van der Waals surface area (Å²) in [6, 6.07) is 7.70. The monoisotopic (exact) mass is 323 g/mol. The van der Waals surface area contributed by atoms with E-state index in [0.717, 1.165) is 44.3 Å². The smallest absolute Gasteiger partial charge is 0.170 e. The summed E-state index contributed by atoms with van der Waals surface area (Å²) >= 11 is 5.37. The average molecular weight is 323 g/mol. The van der Waals surface area contributed by atoms with E-state index in [-0.39, 0.29) is 5.54 Å². The molecule has 1 aromatic carbocycles. The first-order valence-electron chi connectivity index (χ1n) is 7.53. The Bertz CT molecular complexity index is 485. The van der Waals surface area contributed by atoms with Crippen LogP contribution in [0.15, 0.2) is 24.3 Å². The van der Waals surface area contributed by atoms with E-state index in [2.05, 4.69) is 29.4 Å². The molecule has 0 unspecified atom stereocenters. The van der Waals surface area contributed by atoms with Gasteiger partial charge >= 0.3 is 0 Å². The van der Waals surface area contributed by atoms with Crippen LogP contribution in [0.2, 0.25) is 0 Å². The molecule has 0 amide bonds. The van der Waals surface area contributed by atoms with Gasteiger partial charge < -0.3 is 20.1 Å². The van der Waals surface area contributed by atoms with Gasteiger partial charge in [0.05, 0.1) is 20.3 Å². The summed E-state index contributed by atoms with van der Waals surface area (Å²) in [5.74, 6) is 0.831. The van der Waals surface area contributed by atoms with E-state index in [4.69, 9.17) is 21.7 Å². The highest BCUT2D eigenvalue weighted by Crippen LogP contribution is 2.16. The Morgan fingerprint density at radius 2 is 1.91 bits per heavy atom. The molecule has 0 radical (unpaired) electrons. The summed E-state index contributed by atoms with van der Waals surface area (Å²) in [5, 5.41) is 7.13. The highest BCUT2D eigenvalue weighted by molar-refractivity contribution is 7.80. The Hall–Kier alpha value is -1.37. The lowest BCUT2D eigenvalue weighted by Gasteiger charge is -2.41. The summed E-state index contributed by atoms with van der Waals surface area (Å²) < 4.78 is 10.5. The van der Waals surface area contributed by atoms with Gasteiger partial charge in [0.2, 0.25) is 0 Å². The molecule has 2 N–H and O–H groups in total. The number of hydrogen-bond donors (Lipinski definition) is 2. The zero-order valence-electron chi connectivity index (χ0n) is 13.5. The Morgan fingerprint density at radius 3 is 2.50 bits per heavy atom. The van der Waals surface area contributed by atoms with Crippen LogP contribution < -0.4 is 15.4 Å². The van der Waals surface area contributed by atoms with Crippen molar-refractivity contribution in [2.75, 3.05) is 45.3 Å². The molecule has 1 aromatic rings. The molecule has 0 bridgehead atoms. The number of morpholine rings is 1. The fraction of sp³-hybridized carbons (Fsp3) is 0.562. The van der Waals surface area contributed by atoms with Crippen LogP contribution in [-0.4, -0.2) is 55.5 Å². The fourth-order valence-corrected chi connectivity index (χ4v) is 2.62. The summed E-state index contributed by atoms with van der Waals surface area (Å²) in [5.41, 5.74) is 0.984. The predicted octanol–water partition coefficient (Wildman–Crippen LogP) is 2.09. The third-order valence-corrected chi connectivity index (χ3v) is 4.14. The molecule has 0 spiro atoms. The number of nitrogens with one attached hydrogen (secondary N) is 2. The van der Waals surface area contributed by atoms with Gasteiger partial charge in [0.15, 0.2) is 5.11 Å². The van der Waals surface area contributed by atoms with Gasteiger partial charge in [0, 0.05) is 30.9 Å². The Balaban J connectivity index is 1.80. The van der Waals surface area contributed by atoms with E-state index in [9.17, 15) is 0 Å². The molecule has 1 aliphatic rings. The van der Waals surface area contributed by atoms with Crippen molar-refractivity contribution in [1.82, 2.24) is 10.2 Å². The Labute approximate surface area is 138 Å². The second kappa shape index (κ2) is 7.76. The minimum Gasteiger partial charge on any atom is -0.497 e. The molecule has 2 rings (SSSR count). The largest absolute Gasteiger partial charge is 0.497 e. The van der Waals surface area contributed by atoms with E-state index in [1.165, 1.54) is 0 Å². The average Bonchev–Trinajstić information content (AvgIpc) is 2.55. The first-order valence-corrected chi connectivity index (χ1v) is 7.94. The maximum atomic E-state index is 5.41. The second-order valence-corrected chi connectivity index (χ2v) is 6.36. The molecule has 0 saturated carbocycles. The summed E-state index contributed by atoms with van der Waals surface area (Å²) in [4.78, 5) is 2.43. The highest BCUT2D eigenvalue weighted by atomic mass is 32.1. The fourth-order valence-electron chi connectivity index (χ4n) is 2.43. The molecular formula is C16H25N3O2S. The van der Waals surface area contributed by atoms with Crippen molar-refractivity contribution in [1.29, 1.82) is 0 Å². The summed E-state index contributed by atoms with van der Waals surface area (Å²) in [7, 11) is 1.66. The topological polar surface area (TPSA) is 45.8 Å². The van der Waals surface area contributed by atoms with Gasteiger partial charge in [0.25, 0.3) is 0 Å². The molecule has 1 heterocycles. The van der Waals surface area contributed by atoms with Gasteiger partial charge in [-0.3, -0.25) is 4.90 Å². The van der Waals surface area contributed by atoms with Gasteiger partial charge in [-0.1, -0.05) is 0 Å². The van der Waals surface area contributed by atoms with Crippen LogP contribution in [0, 0.1) is 0 Å². The minimum atomic E-state index is 0.0371. The van der Waals surface area contributed by atoms with Crippen molar-refractivity contribution in [3.05, 3.63) is 24.3 Å². The van der Waals surface area contributed by atoms with Crippen LogP contribution in [0.25, 0.3) is 0 Å². The van der Waals surface area contributed by atoms with Crippen molar-refractivity contribution >= 4 is 23.0 Å². The summed E-state index contributed by atoms with van der Waals surface area (Å²) in [6.07, 6.45) is 0. The van der Waals surface area contributed by atoms with Crippen molar-refractivity contribution in [3.63, 3.8) is 0 Å². The van der Waals surface area contributed by atoms with E-state index in [1.54, 1.807) is 7.11 Å². The predicted molar refractivity (Wildman–Crippen MR) is 93.7 cm³/mol. The number of anilines is 1. The minimum absolute atomic E-state index is 0.0371. The lowest BCUT2D eigenvalue weighted by Crippen LogP contribution is -2.55. The zero-order valence-corrected chi connectivity index (χ0v) is 14.3. The number of rotatable bonds is 5. The van der Waals surface area contributed by atoms with Crippen molar-refractivity contribution < 1.29 is 9.47 Å². The third-order valence-electron chi connectivity index (χ3n) is 3.90. The van der Waals surface area contributed by atoms with Gasteiger partial charge in [0.1, 0.15) is 5.75 Å². The maximum absolute atomic E-state index is 5.41. The molecule has 1 aliphatic heterocycles. The van der Waals surface area contributed by atoms with Crippen LogP contribution in [0.5, 0.6) is 5.75 Å². The Kier molecular flexibility index (Phi) is 5.99. The van der Waals surface area contributed by atoms with Crippen molar-refractivity contribution in [2.24, 2.45) is 0 Å². The molecule has 0 aliphatic carbocycles. The molecule has 0 atom stereocenters. The van der Waals surface area contributed by atoms with E-state index in [1.807, 2.05) is 24.3 Å². The summed E-state index contributed by atoms with van der Waals surface area (Å²) in [6.45, 7) is 8.77. The SMILES string of the molecule is COc1ccc(NC(=S)NCC(C)(C)N2CCOCC2)cc1. The number of nitrogens with zero attached hydrogens (tertiary/aromatic N) is 1. The molecule has 22 heavy (non-hydrogen) atoms. The standard InChI is InChI=1S/C16H25N3O2S/c1-16(2,19-8-10-21-11-9-19)12-17-15(22)18-13-4-6-14(20-3)7-5-13/h4-7H,8-12H2,1-3H3,(H2,17,18,22). The van der Waals surface area contributed by atoms with Crippen LogP contribution in [0.1, 0.15) is 13.8 Å². The number of thiocarbonyl (C=S) groups is 1. The first kappa shape index (κ1) is 17.0. The molecule has 1 saturated heterocycles. The van der Waals surface area contributed by atoms with Gasteiger partial charge in [-0.25, -0.2) is 0 Å². The van der Waals surface area contributed by atoms with E-state index >= 15 is 0 Å². The van der Waals surface area contributed by atoms with Crippen LogP contribution >= 0.6 is 12.2 Å². The van der Waals surface area contributed by atoms with Crippen molar-refractivity contribution in [2.45, 2.75) is 19.4 Å². The highest BCUT2D eigenvalue weighted by Gasteiger charge is 2.28.